The highest BCUT2D eigenvalue weighted by Gasteiger charge is 2.17. The molecule has 0 aromatic heterocycles. The van der Waals surface area contributed by atoms with E-state index >= 15 is 0 Å². The maximum absolute atomic E-state index is 5.33. The standard InChI is InChI=1S/C15H15IN2OS/c1-9(16)10-3-5-12-14(7-10)20-15-8-11(19-17-2)4-6-13(15)18-12/h3-9,17-18H,1-2H3. The first-order valence-corrected chi connectivity index (χ1v) is 8.44. The third-order valence-corrected chi connectivity index (χ3v) is 4.96. The number of hydroxylamine groups is 1. The average Bonchev–Trinajstić information content (AvgIpc) is 2.44. The van der Waals surface area contributed by atoms with Crippen molar-refractivity contribution in [1.29, 1.82) is 0 Å². The lowest BCUT2D eigenvalue weighted by atomic mass is 10.1. The normalized spacial score (nSPS) is 13.9. The summed E-state index contributed by atoms with van der Waals surface area (Å²) in [5.41, 5.74) is 6.35. The lowest BCUT2D eigenvalue weighted by Crippen LogP contribution is -2.11. The molecule has 0 fully saturated rings. The van der Waals surface area contributed by atoms with Crippen molar-refractivity contribution in [1.82, 2.24) is 5.48 Å². The van der Waals surface area contributed by atoms with Gasteiger partial charge in [0.05, 0.1) is 11.4 Å². The Balaban J connectivity index is 1.94. The van der Waals surface area contributed by atoms with Crippen molar-refractivity contribution in [3.63, 3.8) is 0 Å². The van der Waals surface area contributed by atoms with E-state index in [1.165, 1.54) is 21.0 Å². The molecule has 20 heavy (non-hydrogen) atoms. The molecule has 1 atom stereocenters. The molecule has 104 valence electrons. The molecule has 2 N–H and O–H groups in total. The molecule has 0 bridgehead atoms. The molecule has 1 heterocycles. The van der Waals surface area contributed by atoms with Gasteiger partial charge in [0.2, 0.25) is 0 Å². The smallest absolute Gasteiger partial charge is 0.148 e. The van der Waals surface area contributed by atoms with Gasteiger partial charge < -0.3 is 10.2 Å². The Bertz CT molecular complexity index is 646. The summed E-state index contributed by atoms with van der Waals surface area (Å²) < 4.78 is 0.513. The van der Waals surface area contributed by atoms with Crippen LogP contribution in [0.5, 0.6) is 5.75 Å². The maximum Gasteiger partial charge on any atom is 0.148 e. The van der Waals surface area contributed by atoms with Crippen molar-refractivity contribution < 1.29 is 4.84 Å². The lowest BCUT2D eigenvalue weighted by Gasteiger charge is -2.22. The molecule has 1 unspecified atom stereocenters. The molecule has 3 rings (SSSR count). The molecule has 0 saturated carbocycles. The highest BCUT2D eigenvalue weighted by Crippen LogP contribution is 2.46. The summed E-state index contributed by atoms with van der Waals surface area (Å²) in [4.78, 5) is 7.78. The van der Waals surface area contributed by atoms with Crippen LogP contribution in [-0.2, 0) is 0 Å². The quantitative estimate of drug-likeness (QED) is 0.374. The minimum Gasteiger partial charge on any atom is -0.409 e. The second kappa shape index (κ2) is 5.83. The van der Waals surface area contributed by atoms with Crippen molar-refractivity contribution in [2.45, 2.75) is 20.6 Å². The van der Waals surface area contributed by atoms with Crippen LogP contribution in [0, 0.1) is 0 Å². The van der Waals surface area contributed by atoms with Gasteiger partial charge in [-0.15, -0.1) is 0 Å². The number of rotatable bonds is 3. The Kier molecular flexibility index (Phi) is 4.09. The summed E-state index contributed by atoms with van der Waals surface area (Å²) in [7, 11) is 1.76. The predicted molar refractivity (Wildman–Crippen MR) is 92.4 cm³/mol. The Morgan fingerprint density at radius 3 is 2.55 bits per heavy atom. The SMILES string of the molecule is CNOc1ccc2c(c1)Sc1cc(C(C)I)ccc1N2. The monoisotopic (exact) mass is 398 g/mol. The zero-order chi connectivity index (χ0) is 14.1. The second-order valence-corrected chi connectivity index (χ2v) is 7.52. The minimum atomic E-state index is 0.513. The summed E-state index contributed by atoms with van der Waals surface area (Å²) in [6, 6.07) is 12.7. The number of alkyl halides is 1. The molecule has 1 aliphatic rings. The van der Waals surface area contributed by atoms with Crippen LogP contribution in [0.1, 0.15) is 16.4 Å². The van der Waals surface area contributed by atoms with Crippen molar-refractivity contribution in [2.75, 3.05) is 12.4 Å². The van der Waals surface area contributed by atoms with E-state index in [4.69, 9.17) is 4.84 Å². The molecular formula is C15H15IN2OS. The number of halogens is 1. The molecule has 0 radical (unpaired) electrons. The van der Waals surface area contributed by atoms with E-state index < -0.39 is 0 Å². The summed E-state index contributed by atoms with van der Waals surface area (Å²) in [5.74, 6) is 0.822. The summed E-state index contributed by atoms with van der Waals surface area (Å²) >= 11 is 4.22. The van der Waals surface area contributed by atoms with Gasteiger partial charge in [0.25, 0.3) is 0 Å². The molecule has 2 aromatic carbocycles. The second-order valence-electron chi connectivity index (χ2n) is 4.56. The van der Waals surface area contributed by atoms with Gasteiger partial charge in [-0.05, 0) is 42.8 Å². The summed E-state index contributed by atoms with van der Waals surface area (Å²) in [6.45, 7) is 2.20. The van der Waals surface area contributed by atoms with Crippen molar-refractivity contribution in [3.8, 4) is 5.75 Å². The Morgan fingerprint density at radius 2 is 1.85 bits per heavy atom. The number of hydrogen-bond acceptors (Lipinski definition) is 4. The molecule has 0 spiro atoms. The molecule has 2 aromatic rings. The zero-order valence-electron chi connectivity index (χ0n) is 11.2. The first-order chi connectivity index (χ1) is 9.67. The van der Waals surface area contributed by atoms with Gasteiger partial charge in [0.1, 0.15) is 5.75 Å². The van der Waals surface area contributed by atoms with Crippen molar-refractivity contribution >= 4 is 45.7 Å². The molecule has 1 aliphatic heterocycles. The van der Waals surface area contributed by atoms with Gasteiger partial charge in [0, 0.05) is 20.8 Å². The van der Waals surface area contributed by atoms with E-state index in [2.05, 4.69) is 58.5 Å². The largest absolute Gasteiger partial charge is 0.409 e. The van der Waals surface area contributed by atoms with Crippen LogP contribution in [0.15, 0.2) is 46.2 Å². The number of nitrogens with one attached hydrogen (secondary N) is 2. The summed E-state index contributed by atoms with van der Waals surface area (Å²) in [5, 5.41) is 3.48. The fourth-order valence-electron chi connectivity index (χ4n) is 2.11. The van der Waals surface area contributed by atoms with Gasteiger partial charge in [-0.3, -0.25) is 0 Å². The Morgan fingerprint density at radius 1 is 1.15 bits per heavy atom. The number of benzene rings is 2. The fraction of sp³-hybridized carbons (Fsp3) is 0.200. The van der Waals surface area contributed by atoms with Crippen molar-refractivity contribution in [2.24, 2.45) is 0 Å². The van der Waals surface area contributed by atoms with Crippen LogP contribution < -0.4 is 15.6 Å². The van der Waals surface area contributed by atoms with E-state index in [-0.39, 0.29) is 0 Å². The average molecular weight is 398 g/mol. The third-order valence-electron chi connectivity index (χ3n) is 3.13. The van der Waals surface area contributed by atoms with Crippen LogP contribution >= 0.6 is 34.4 Å². The lowest BCUT2D eigenvalue weighted by molar-refractivity contribution is 0.223. The van der Waals surface area contributed by atoms with Gasteiger partial charge in [-0.2, -0.15) is 5.48 Å². The fourth-order valence-corrected chi connectivity index (χ4v) is 3.56. The van der Waals surface area contributed by atoms with E-state index in [9.17, 15) is 0 Å². The van der Waals surface area contributed by atoms with Crippen LogP contribution in [0.3, 0.4) is 0 Å². The molecule has 0 saturated heterocycles. The first-order valence-electron chi connectivity index (χ1n) is 6.38. The number of fused-ring (bicyclic) bond motifs is 2. The topological polar surface area (TPSA) is 33.3 Å². The number of anilines is 2. The van der Waals surface area contributed by atoms with Crippen LogP contribution in [0.4, 0.5) is 11.4 Å². The van der Waals surface area contributed by atoms with Gasteiger partial charge in [0.15, 0.2) is 0 Å². The first kappa shape index (κ1) is 14.0. The molecule has 0 amide bonds. The number of hydrogen-bond donors (Lipinski definition) is 2. The molecular weight excluding hydrogens is 383 g/mol. The minimum absolute atomic E-state index is 0.513. The van der Waals surface area contributed by atoms with Crippen LogP contribution in [0.2, 0.25) is 0 Å². The molecule has 0 aliphatic carbocycles. The van der Waals surface area contributed by atoms with Crippen molar-refractivity contribution in [3.05, 3.63) is 42.0 Å². The Labute approximate surface area is 136 Å². The molecule has 3 nitrogen and oxygen atoms in total. The van der Waals surface area contributed by atoms with E-state index in [1.807, 2.05) is 18.2 Å². The molecule has 5 heteroatoms. The van der Waals surface area contributed by atoms with Crippen LogP contribution in [-0.4, -0.2) is 7.05 Å². The highest BCUT2D eigenvalue weighted by atomic mass is 127. The van der Waals surface area contributed by atoms with E-state index in [1.54, 1.807) is 18.8 Å². The maximum atomic E-state index is 5.33. The Hall–Kier alpha value is -0.920. The summed E-state index contributed by atoms with van der Waals surface area (Å²) in [6.07, 6.45) is 0. The van der Waals surface area contributed by atoms with E-state index in [0.29, 0.717) is 3.92 Å². The van der Waals surface area contributed by atoms with Gasteiger partial charge in [-0.1, -0.05) is 40.4 Å². The van der Waals surface area contributed by atoms with Crippen LogP contribution in [0.25, 0.3) is 0 Å². The zero-order valence-corrected chi connectivity index (χ0v) is 14.2. The van der Waals surface area contributed by atoms with E-state index in [0.717, 1.165) is 11.4 Å². The van der Waals surface area contributed by atoms with Gasteiger partial charge in [-0.25, -0.2) is 0 Å². The predicted octanol–water partition coefficient (Wildman–Crippen LogP) is 4.90. The van der Waals surface area contributed by atoms with Gasteiger partial charge >= 0.3 is 0 Å². The highest BCUT2D eigenvalue weighted by molar-refractivity contribution is 14.1. The third kappa shape index (κ3) is 2.75.